The Balaban J connectivity index is 1.38. The number of rotatable bonds is 7. The molecule has 0 aliphatic heterocycles. The number of anilines is 1. The lowest BCUT2D eigenvalue weighted by Crippen LogP contribution is -2.17. The van der Waals surface area contributed by atoms with Gasteiger partial charge in [-0.05, 0) is 47.9 Å². The van der Waals surface area contributed by atoms with Crippen LogP contribution in [0, 0.1) is 0 Å². The molecule has 4 aromatic rings. The van der Waals surface area contributed by atoms with Gasteiger partial charge < -0.3 is 4.57 Å². The van der Waals surface area contributed by atoms with Gasteiger partial charge in [0.15, 0.2) is 5.13 Å². The number of nitrogens with one attached hydrogen (secondary N) is 1. The number of nitrogens with zero attached hydrogens (tertiary/aromatic N) is 3. The fourth-order valence-electron chi connectivity index (χ4n) is 2.95. The molecule has 3 aromatic heterocycles. The van der Waals surface area contributed by atoms with Gasteiger partial charge in [0.25, 0.3) is 5.91 Å². The normalized spacial score (nSPS) is 11.0. The minimum absolute atomic E-state index is 0.168. The van der Waals surface area contributed by atoms with E-state index < -0.39 is 0 Å². The summed E-state index contributed by atoms with van der Waals surface area (Å²) in [5, 5.41) is 5.43. The number of carbonyl (C=O) groups is 1. The van der Waals surface area contributed by atoms with Crippen molar-refractivity contribution in [3.63, 3.8) is 0 Å². The van der Waals surface area contributed by atoms with Gasteiger partial charge in [-0.1, -0.05) is 36.4 Å². The molecule has 1 N–H and O–H groups in total. The molecule has 5 nitrogen and oxygen atoms in total. The standard InChI is InChI=1S/C23H20N4OS/c28-22(21-10-5-15-27(21)16-19-11-13-24-14-12-19)26-23-25-20(17-29-23)9-4-8-18-6-2-1-3-7-18/h1-7,9-15,17H,8,16H2,(H,25,26,28)/b9-4+. The van der Waals surface area contributed by atoms with Crippen LogP contribution in [0.4, 0.5) is 5.13 Å². The van der Waals surface area contributed by atoms with Crippen LogP contribution in [-0.4, -0.2) is 20.4 Å². The Hall–Kier alpha value is -3.51. The molecule has 0 unspecified atom stereocenters. The van der Waals surface area contributed by atoms with E-state index in [0.29, 0.717) is 17.4 Å². The molecule has 144 valence electrons. The molecule has 4 rings (SSSR count). The van der Waals surface area contributed by atoms with Gasteiger partial charge in [-0.25, -0.2) is 4.98 Å². The van der Waals surface area contributed by atoms with Crippen LogP contribution in [0.25, 0.3) is 6.08 Å². The number of hydrogen-bond donors (Lipinski definition) is 1. The molecule has 0 saturated heterocycles. The quantitative estimate of drug-likeness (QED) is 0.480. The first kappa shape index (κ1) is 18.8. The topological polar surface area (TPSA) is 59.8 Å². The molecule has 3 heterocycles. The molecule has 0 aliphatic rings. The van der Waals surface area contributed by atoms with E-state index in [1.807, 2.05) is 64.7 Å². The second-order valence-electron chi connectivity index (χ2n) is 6.50. The third kappa shape index (κ3) is 5.06. The van der Waals surface area contributed by atoms with Crippen LogP contribution in [0.3, 0.4) is 0 Å². The molecule has 0 atom stereocenters. The maximum Gasteiger partial charge on any atom is 0.274 e. The summed E-state index contributed by atoms with van der Waals surface area (Å²) in [5.41, 5.74) is 3.78. The van der Waals surface area contributed by atoms with E-state index in [4.69, 9.17) is 0 Å². The number of benzene rings is 1. The van der Waals surface area contributed by atoms with Gasteiger partial charge in [-0.3, -0.25) is 15.1 Å². The van der Waals surface area contributed by atoms with Gasteiger partial charge in [0.1, 0.15) is 5.69 Å². The Morgan fingerprint density at radius 2 is 1.86 bits per heavy atom. The predicted octanol–water partition coefficient (Wildman–Crippen LogP) is 4.90. The fourth-order valence-corrected chi connectivity index (χ4v) is 3.63. The SMILES string of the molecule is O=C(Nc1nc(/C=C/Cc2ccccc2)cs1)c1cccn1Cc1ccncc1. The van der Waals surface area contributed by atoms with Crippen LogP contribution < -0.4 is 5.32 Å². The third-order valence-corrected chi connectivity index (χ3v) is 5.17. The summed E-state index contributed by atoms with van der Waals surface area (Å²) in [5.74, 6) is -0.168. The lowest BCUT2D eigenvalue weighted by Gasteiger charge is -2.08. The molecule has 0 aliphatic carbocycles. The van der Waals surface area contributed by atoms with Crippen LogP contribution in [0.2, 0.25) is 0 Å². The third-order valence-electron chi connectivity index (χ3n) is 4.39. The van der Waals surface area contributed by atoms with Gasteiger partial charge in [0.05, 0.1) is 5.69 Å². The van der Waals surface area contributed by atoms with Crippen molar-refractivity contribution in [2.45, 2.75) is 13.0 Å². The van der Waals surface area contributed by atoms with Crippen LogP contribution in [0.1, 0.15) is 27.3 Å². The van der Waals surface area contributed by atoms with Gasteiger partial charge >= 0.3 is 0 Å². The van der Waals surface area contributed by atoms with Crippen molar-refractivity contribution in [3.8, 4) is 0 Å². The number of pyridine rings is 1. The number of carbonyl (C=O) groups excluding carboxylic acids is 1. The van der Waals surface area contributed by atoms with Gasteiger partial charge in [0, 0.05) is 30.5 Å². The summed E-state index contributed by atoms with van der Waals surface area (Å²) in [6.07, 6.45) is 10.3. The molecule has 1 aromatic carbocycles. The zero-order chi connectivity index (χ0) is 19.9. The van der Waals surface area contributed by atoms with Crippen molar-refractivity contribution in [3.05, 3.63) is 107 Å². The van der Waals surface area contributed by atoms with Gasteiger partial charge in [-0.15, -0.1) is 11.3 Å². The second-order valence-corrected chi connectivity index (χ2v) is 7.36. The zero-order valence-corrected chi connectivity index (χ0v) is 16.5. The number of aromatic nitrogens is 3. The lowest BCUT2D eigenvalue weighted by molar-refractivity contribution is 0.101. The highest BCUT2D eigenvalue weighted by Crippen LogP contribution is 2.18. The summed E-state index contributed by atoms with van der Waals surface area (Å²) in [7, 11) is 0. The van der Waals surface area contributed by atoms with E-state index in [-0.39, 0.29) is 5.91 Å². The molecule has 0 bridgehead atoms. The largest absolute Gasteiger partial charge is 0.339 e. The van der Waals surface area contributed by atoms with Crippen LogP contribution in [0.5, 0.6) is 0 Å². The highest BCUT2D eigenvalue weighted by Gasteiger charge is 2.13. The summed E-state index contributed by atoms with van der Waals surface area (Å²) < 4.78 is 1.92. The number of hydrogen-bond acceptors (Lipinski definition) is 4. The molecular weight excluding hydrogens is 380 g/mol. The molecule has 0 spiro atoms. The van der Waals surface area contributed by atoms with Crippen molar-refractivity contribution in [2.75, 3.05) is 5.32 Å². The van der Waals surface area contributed by atoms with E-state index in [0.717, 1.165) is 17.7 Å². The Morgan fingerprint density at radius 3 is 2.69 bits per heavy atom. The average molecular weight is 401 g/mol. The van der Waals surface area contributed by atoms with Crippen molar-refractivity contribution in [1.29, 1.82) is 0 Å². The maximum absolute atomic E-state index is 12.7. The first-order valence-corrected chi connectivity index (χ1v) is 10.2. The van der Waals surface area contributed by atoms with E-state index in [1.54, 1.807) is 12.4 Å². The van der Waals surface area contributed by atoms with E-state index in [2.05, 4.69) is 33.5 Å². The zero-order valence-electron chi connectivity index (χ0n) is 15.7. The van der Waals surface area contributed by atoms with Crippen molar-refractivity contribution >= 4 is 28.5 Å². The minimum atomic E-state index is -0.168. The lowest BCUT2D eigenvalue weighted by atomic mass is 10.1. The highest BCUT2D eigenvalue weighted by molar-refractivity contribution is 7.14. The summed E-state index contributed by atoms with van der Waals surface area (Å²) >= 11 is 1.42. The predicted molar refractivity (Wildman–Crippen MR) is 117 cm³/mol. The Bertz CT molecular complexity index is 1100. The summed E-state index contributed by atoms with van der Waals surface area (Å²) in [4.78, 5) is 21.2. The van der Waals surface area contributed by atoms with Crippen LogP contribution >= 0.6 is 11.3 Å². The van der Waals surface area contributed by atoms with Crippen LogP contribution in [-0.2, 0) is 13.0 Å². The Labute approximate surface area is 173 Å². The maximum atomic E-state index is 12.7. The molecule has 6 heteroatoms. The average Bonchev–Trinajstić information content (AvgIpc) is 3.39. The van der Waals surface area contributed by atoms with Crippen molar-refractivity contribution in [1.82, 2.24) is 14.5 Å². The van der Waals surface area contributed by atoms with Crippen molar-refractivity contribution < 1.29 is 4.79 Å². The van der Waals surface area contributed by atoms with Crippen molar-refractivity contribution in [2.24, 2.45) is 0 Å². The van der Waals surface area contributed by atoms with Gasteiger partial charge in [0.2, 0.25) is 0 Å². The molecular formula is C23H20N4OS. The molecule has 0 saturated carbocycles. The summed E-state index contributed by atoms with van der Waals surface area (Å²) in [6, 6.07) is 17.8. The number of amides is 1. The summed E-state index contributed by atoms with van der Waals surface area (Å²) in [6.45, 7) is 0.615. The van der Waals surface area contributed by atoms with E-state index in [9.17, 15) is 4.79 Å². The fraction of sp³-hybridized carbons (Fsp3) is 0.0870. The van der Waals surface area contributed by atoms with E-state index >= 15 is 0 Å². The Kier molecular flexibility index (Phi) is 5.92. The molecule has 0 radical (unpaired) electrons. The minimum Gasteiger partial charge on any atom is -0.339 e. The number of allylic oxidation sites excluding steroid dienone is 1. The van der Waals surface area contributed by atoms with Crippen LogP contribution in [0.15, 0.2) is 84.6 Å². The van der Waals surface area contributed by atoms with E-state index in [1.165, 1.54) is 16.9 Å². The Morgan fingerprint density at radius 1 is 1.03 bits per heavy atom. The smallest absolute Gasteiger partial charge is 0.274 e. The van der Waals surface area contributed by atoms with Gasteiger partial charge in [-0.2, -0.15) is 0 Å². The molecule has 0 fully saturated rings. The number of thiazole rings is 1. The first-order valence-electron chi connectivity index (χ1n) is 9.29. The highest BCUT2D eigenvalue weighted by atomic mass is 32.1. The monoisotopic (exact) mass is 400 g/mol. The second kappa shape index (κ2) is 9.12. The molecule has 1 amide bonds. The first-order chi connectivity index (χ1) is 14.3. The molecule has 29 heavy (non-hydrogen) atoms.